The van der Waals surface area contributed by atoms with Crippen LogP contribution in [0, 0.1) is 5.92 Å². The van der Waals surface area contributed by atoms with Gasteiger partial charge in [-0.1, -0.05) is 0 Å². The molecule has 2 heterocycles. The fourth-order valence-corrected chi connectivity index (χ4v) is 3.37. The topological polar surface area (TPSA) is 73.2 Å². The van der Waals surface area contributed by atoms with Crippen LogP contribution in [0.5, 0.6) is 0 Å². The predicted molar refractivity (Wildman–Crippen MR) is 72.3 cm³/mol. The number of rotatable bonds is 6. The minimum absolute atomic E-state index is 0.214. The molecule has 0 aliphatic carbocycles. The second kappa shape index (κ2) is 6.02. The van der Waals surface area contributed by atoms with Gasteiger partial charge in [-0.15, -0.1) is 0 Å². The highest BCUT2D eigenvalue weighted by Crippen LogP contribution is 2.18. The van der Waals surface area contributed by atoms with Gasteiger partial charge in [-0.05, 0) is 19.3 Å². The Morgan fingerprint density at radius 1 is 1.63 bits per heavy atom. The molecule has 0 saturated carbocycles. The lowest BCUT2D eigenvalue weighted by atomic mass is 10.00. The zero-order chi connectivity index (χ0) is 13.9. The van der Waals surface area contributed by atoms with E-state index in [1.165, 1.54) is 7.11 Å². The molecule has 1 aliphatic rings. The summed E-state index contributed by atoms with van der Waals surface area (Å²) >= 11 is 0. The molecule has 1 aliphatic heterocycles. The molecule has 1 aromatic heterocycles. The van der Waals surface area contributed by atoms with Gasteiger partial charge in [-0.25, -0.2) is 18.1 Å². The van der Waals surface area contributed by atoms with Crippen LogP contribution in [0.1, 0.15) is 19.2 Å². The second-order valence-corrected chi connectivity index (χ2v) is 7.24. The lowest BCUT2D eigenvalue weighted by molar-refractivity contribution is 0.200. The first-order valence-electron chi connectivity index (χ1n) is 6.50. The highest BCUT2D eigenvalue weighted by molar-refractivity contribution is 7.90. The van der Waals surface area contributed by atoms with E-state index in [4.69, 9.17) is 4.74 Å². The number of sulfonamides is 1. The maximum Gasteiger partial charge on any atom is 0.216 e. The molecular weight excluding hydrogens is 266 g/mol. The highest BCUT2D eigenvalue weighted by Gasteiger charge is 2.24. The number of aromatic nitrogens is 2. The zero-order valence-electron chi connectivity index (χ0n) is 11.4. The van der Waals surface area contributed by atoms with Gasteiger partial charge in [0.1, 0.15) is 5.82 Å². The van der Waals surface area contributed by atoms with Crippen molar-refractivity contribution in [2.75, 3.05) is 20.3 Å². The first-order chi connectivity index (χ1) is 9.03. The van der Waals surface area contributed by atoms with Crippen molar-refractivity contribution in [3.8, 4) is 0 Å². The van der Waals surface area contributed by atoms with E-state index in [1.807, 2.05) is 6.20 Å². The summed E-state index contributed by atoms with van der Waals surface area (Å²) in [5, 5.41) is -0.523. The normalized spacial score (nSPS) is 21.1. The van der Waals surface area contributed by atoms with Crippen LogP contribution in [0.15, 0.2) is 12.4 Å². The Hall–Kier alpha value is -0.920. The fourth-order valence-electron chi connectivity index (χ4n) is 2.30. The number of ether oxygens (including phenoxy) is 1. The van der Waals surface area contributed by atoms with Crippen molar-refractivity contribution in [3.63, 3.8) is 0 Å². The Morgan fingerprint density at radius 2 is 2.42 bits per heavy atom. The van der Waals surface area contributed by atoms with Crippen LogP contribution < -0.4 is 4.72 Å². The lowest BCUT2D eigenvalue weighted by Crippen LogP contribution is -2.39. The fraction of sp³-hybridized carbons (Fsp3) is 0.750. The van der Waals surface area contributed by atoms with Gasteiger partial charge in [0, 0.05) is 39.0 Å². The van der Waals surface area contributed by atoms with Gasteiger partial charge in [0.15, 0.2) is 0 Å². The van der Waals surface area contributed by atoms with E-state index in [0.29, 0.717) is 12.5 Å². The first kappa shape index (κ1) is 14.5. The molecule has 2 rings (SSSR count). The number of imidazole rings is 1. The Morgan fingerprint density at radius 3 is 3.16 bits per heavy atom. The predicted octanol–water partition coefficient (Wildman–Crippen LogP) is 0.400. The van der Waals surface area contributed by atoms with Crippen LogP contribution >= 0.6 is 0 Å². The van der Waals surface area contributed by atoms with Gasteiger partial charge in [-0.3, -0.25) is 0 Å². The van der Waals surface area contributed by atoms with Crippen molar-refractivity contribution in [3.05, 3.63) is 18.2 Å². The van der Waals surface area contributed by atoms with Gasteiger partial charge >= 0.3 is 0 Å². The van der Waals surface area contributed by atoms with Gasteiger partial charge < -0.3 is 9.30 Å². The first-order valence-corrected chi connectivity index (χ1v) is 8.05. The summed E-state index contributed by atoms with van der Waals surface area (Å²) in [6.07, 6.45) is 5.62. The molecule has 1 N–H and O–H groups in total. The summed E-state index contributed by atoms with van der Waals surface area (Å²) < 4.78 is 33.6. The quantitative estimate of drug-likeness (QED) is 0.822. The maximum absolute atomic E-state index is 11.9. The molecule has 0 fully saturated rings. The number of nitrogens with one attached hydrogen (secondary N) is 1. The molecule has 0 unspecified atom stereocenters. The number of aryl methyl sites for hydroxylation is 1. The molecule has 7 heteroatoms. The molecule has 19 heavy (non-hydrogen) atoms. The average Bonchev–Trinajstić information content (AvgIpc) is 2.84. The van der Waals surface area contributed by atoms with Crippen molar-refractivity contribution in [2.24, 2.45) is 5.92 Å². The van der Waals surface area contributed by atoms with Gasteiger partial charge in [0.25, 0.3) is 0 Å². The second-order valence-electron chi connectivity index (χ2n) is 5.06. The van der Waals surface area contributed by atoms with Crippen LogP contribution in [-0.4, -0.2) is 43.5 Å². The third kappa shape index (κ3) is 3.55. The zero-order valence-corrected chi connectivity index (χ0v) is 12.2. The lowest BCUT2D eigenvalue weighted by Gasteiger charge is -2.24. The molecule has 0 bridgehead atoms. The molecule has 0 radical (unpaired) electrons. The summed E-state index contributed by atoms with van der Waals surface area (Å²) in [6, 6.07) is 0. The summed E-state index contributed by atoms with van der Waals surface area (Å²) in [4.78, 5) is 4.26. The van der Waals surface area contributed by atoms with Crippen LogP contribution in [0.25, 0.3) is 0 Å². The highest BCUT2D eigenvalue weighted by atomic mass is 32.2. The summed E-state index contributed by atoms with van der Waals surface area (Å²) in [5.74, 6) is 1.41. The minimum atomic E-state index is -3.29. The summed E-state index contributed by atoms with van der Waals surface area (Å²) in [7, 11) is -1.78. The smallest absolute Gasteiger partial charge is 0.216 e. The van der Waals surface area contributed by atoms with E-state index in [0.717, 1.165) is 25.2 Å². The Labute approximate surface area is 114 Å². The maximum atomic E-state index is 11.9. The molecule has 0 saturated heterocycles. The van der Waals surface area contributed by atoms with Crippen LogP contribution in [0.2, 0.25) is 0 Å². The molecule has 0 amide bonds. The SMILES string of the molecule is COC[C@H](C)S(=O)(=O)NC[C@@H]1CCc2nccn2C1. The van der Waals surface area contributed by atoms with Crippen molar-refractivity contribution in [1.82, 2.24) is 14.3 Å². The van der Waals surface area contributed by atoms with Crippen LogP contribution in [0.4, 0.5) is 0 Å². The summed E-state index contributed by atoms with van der Waals surface area (Å²) in [5.41, 5.74) is 0. The van der Waals surface area contributed by atoms with Crippen molar-refractivity contribution in [1.29, 1.82) is 0 Å². The molecule has 0 aromatic carbocycles. The van der Waals surface area contributed by atoms with Crippen molar-refractivity contribution >= 4 is 10.0 Å². The van der Waals surface area contributed by atoms with E-state index >= 15 is 0 Å². The van der Waals surface area contributed by atoms with Gasteiger partial charge in [0.05, 0.1) is 11.9 Å². The molecule has 0 spiro atoms. The van der Waals surface area contributed by atoms with E-state index in [9.17, 15) is 8.42 Å². The Balaban J connectivity index is 1.87. The largest absolute Gasteiger partial charge is 0.383 e. The van der Waals surface area contributed by atoms with Gasteiger partial charge in [-0.2, -0.15) is 0 Å². The molecule has 2 atom stereocenters. The Bertz CT molecular complexity index is 512. The Kier molecular flexibility index (Phi) is 4.59. The van der Waals surface area contributed by atoms with Crippen molar-refractivity contribution < 1.29 is 13.2 Å². The number of nitrogens with zero attached hydrogens (tertiary/aromatic N) is 2. The molecule has 1 aromatic rings. The standard InChI is InChI=1S/C12H21N3O3S/c1-10(9-18-2)19(16,17)14-7-11-3-4-12-13-5-6-15(12)8-11/h5-6,10-11,14H,3-4,7-9H2,1-2H3/t10-,11-/m0/s1. The van der Waals surface area contributed by atoms with Gasteiger partial charge in [0.2, 0.25) is 10.0 Å². The number of methoxy groups -OCH3 is 1. The number of hydrogen-bond acceptors (Lipinski definition) is 4. The minimum Gasteiger partial charge on any atom is -0.383 e. The third-order valence-corrected chi connectivity index (χ3v) is 5.30. The van der Waals surface area contributed by atoms with E-state index in [1.54, 1.807) is 13.1 Å². The number of fused-ring (bicyclic) bond motifs is 1. The number of hydrogen-bond donors (Lipinski definition) is 1. The summed E-state index contributed by atoms with van der Waals surface area (Å²) in [6.45, 7) is 3.18. The van der Waals surface area contributed by atoms with E-state index in [-0.39, 0.29) is 6.61 Å². The van der Waals surface area contributed by atoms with E-state index in [2.05, 4.69) is 14.3 Å². The van der Waals surface area contributed by atoms with Crippen LogP contribution in [0.3, 0.4) is 0 Å². The van der Waals surface area contributed by atoms with Crippen molar-refractivity contribution in [2.45, 2.75) is 31.6 Å². The average molecular weight is 287 g/mol. The van der Waals surface area contributed by atoms with Crippen LogP contribution in [-0.2, 0) is 27.7 Å². The monoisotopic (exact) mass is 287 g/mol. The molecule has 6 nitrogen and oxygen atoms in total. The molecule has 108 valence electrons. The molecular formula is C12H21N3O3S. The van der Waals surface area contributed by atoms with E-state index < -0.39 is 15.3 Å². The third-order valence-electron chi connectivity index (χ3n) is 3.54.